The fourth-order valence-electron chi connectivity index (χ4n) is 3.81. The summed E-state index contributed by atoms with van der Waals surface area (Å²) in [5.41, 5.74) is 3.06. The van der Waals surface area contributed by atoms with Gasteiger partial charge in [-0.1, -0.05) is 43.7 Å². The first-order chi connectivity index (χ1) is 15.0. The standard InChI is InChI=1S/C25H23NO4S/c1-3-7-18-10-11-19(17-27)23(14-18)25-16-20-15-21(30-2)12-13-24(20)26(25)31(28,29)22-8-5-4-6-9-22/h4-6,8-17H,3,7H2,1-2H3. The molecule has 1 aromatic heterocycles. The van der Waals surface area contributed by atoms with E-state index in [0.717, 1.165) is 24.7 Å². The van der Waals surface area contributed by atoms with Crippen LogP contribution >= 0.6 is 0 Å². The van der Waals surface area contributed by atoms with Crippen LogP contribution in [0.25, 0.3) is 22.2 Å². The Balaban J connectivity index is 2.08. The van der Waals surface area contributed by atoms with E-state index in [1.54, 1.807) is 67.8 Å². The molecule has 0 atom stereocenters. The van der Waals surface area contributed by atoms with Gasteiger partial charge in [0.2, 0.25) is 0 Å². The van der Waals surface area contributed by atoms with Gasteiger partial charge in [0.05, 0.1) is 23.2 Å². The second kappa shape index (κ2) is 8.40. The van der Waals surface area contributed by atoms with Crippen molar-refractivity contribution in [1.29, 1.82) is 0 Å². The van der Waals surface area contributed by atoms with Gasteiger partial charge in [0.15, 0.2) is 6.29 Å². The maximum Gasteiger partial charge on any atom is 0.268 e. The average molecular weight is 434 g/mol. The number of carbonyl (C=O) groups excluding carboxylic acids is 1. The maximum atomic E-state index is 13.7. The third-order valence-electron chi connectivity index (χ3n) is 5.31. The highest BCUT2D eigenvalue weighted by Crippen LogP contribution is 2.35. The first-order valence-corrected chi connectivity index (χ1v) is 11.5. The minimum absolute atomic E-state index is 0.182. The van der Waals surface area contributed by atoms with Crippen LogP contribution in [-0.4, -0.2) is 25.8 Å². The molecule has 0 N–H and O–H groups in total. The molecule has 0 aliphatic rings. The van der Waals surface area contributed by atoms with Crippen LogP contribution in [0.15, 0.2) is 77.7 Å². The van der Waals surface area contributed by atoms with Crippen molar-refractivity contribution in [3.05, 3.63) is 83.9 Å². The Morgan fingerprint density at radius 3 is 2.42 bits per heavy atom. The van der Waals surface area contributed by atoms with Crippen LogP contribution in [0, 0.1) is 0 Å². The van der Waals surface area contributed by atoms with Crippen LogP contribution in [0.2, 0.25) is 0 Å². The monoisotopic (exact) mass is 433 g/mol. The van der Waals surface area contributed by atoms with Gasteiger partial charge in [0, 0.05) is 16.5 Å². The maximum absolute atomic E-state index is 13.7. The summed E-state index contributed by atoms with van der Waals surface area (Å²) in [5.74, 6) is 0.628. The molecule has 0 unspecified atom stereocenters. The van der Waals surface area contributed by atoms with Gasteiger partial charge in [0.25, 0.3) is 10.0 Å². The van der Waals surface area contributed by atoms with Crippen molar-refractivity contribution < 1.29 is 17.9 Å². The Hall–Kier alpha value is -3.38. The van der Waals surface area contributed by atoms with Gasteiger partial charge in [-0.05, 0) is 54.4 Å². The Bertz CT molecular complexity index is 1360. The van der Waals surface area contributed by atoms with Crippen molar-refractivity contribution in [1.82, 2.24) is 3.97 Å². The minimum Gasteiger partial charge on any atom is -0.497 e. The molecule has 0 fully saturated rings. The van der Waals surface area contributed by atoms with Gasteiger partial charge < -0.3 is 4.74 Å². The number of fused-ring (bicyclic) bond motifs is 1. The third kappa shape index (κ3) is 3.75. The van der Waals surface area contributed by atoms with Gasteiger partial charge >= 0.3 is 0 Å². The predicted octanol–water partition coefficient (Wildman–Crippen LogP) is 5.32. The summed E-state index contributed by atoms with van der Waals surface area (Å²) < 4.78 is 34.1. The summed E-state index contributed by atoms with van der Waals surface area (Å²) in [7, 11) is -2.34. The van der Waals surface area contributed by atoms with Crippen molar-refractivity contribution in [3.63, 3.8) is 0 Å². The summed E-state index contributed by atoms with van der Waals surface area (Å²) in [5, 5.41) is 0.714. The van der Waals surface area contributed by atoms with E-state index in [2.05, 4.69) is 6.92 Å². The summed E-state index contributed by atoms with van der Waals surface area (Å²) >= 11 is 0. The van der Waals surface area contributed by atoms with Crippen LogP contribution in [0.1, 0.15) is 29.3 Å². The highest BCUT2D eigenvalue weighted by atomic mass is 32.2. The zero-order chi connectivity index (χ0) is 22.0. The van der Waals surface area contributed by atoms with Crippen LogP contribution < -0.4 is 4.74 Å². The fourth-order valence-corrected chi connectivity index (χ4v) is 5.36. The van der Waals surface area contributed by atoms with Crippen molar-refractivity contribution in [2.45, 2.75) is 24.7 Å². The van der Waals surface area contributed by atoms with Gasteiger partial charge in [-0.15, -0.1) is 0 Å². The van der Waals surface area contributed by atoms with Crippen LogP contribution in [0.4, 0.5) is 0 Å². The van der Waals surface area contributed by atoms with E-state index < -0.39 is 10.0 Å². The molecule has 6 heteroatoms. The first kappa shape index (κ1) is 20.9. The highest BCUT2D eigenvalue weighted by molar-refractivity contribution is 7.90. The van der Waals surface area contributed by atoms with Gasteiger partial charge in [0.1, 0.15) is 5.75 Å². The fraction of sp³-hybridized carbons (Fsp3) is 0.160. The number of methoxy groups -OCH3 is 1. The number of ether oxygens (including phenoxy) is 1. The number of aromatic nitrogens is 1. The Labute approximate surface area is 182 Å². The topological polar surface area (TPSA) is 65.4 Å². The largest absolute Gasteiger partial charge is 0.497 e. The molecular weight excluding hydrogens is 410 g/mol. The molecule has 0 radical (unpaired) electrons. The van der Waals surface area contributed by atoms with E-state index in [-0.39, 0.29) is 4.90 Å². The number of nitrogens with zero attached hydrogens (tertiary/aromatic N) is 1. The van der Waals surface area contributed by atoms with Crippen molar-refractivity contribution >= 4 is 27.2 Å². The second-order valence-electron chi connectivity index (χ2n) is 7.33. The van der Waals surface area contributed by atoms with Crippen molar-refractivity contribution in [2.24, 2.45) is 0 Å². The second-order valence-corrected chi connectivity index (χ2v) is 9.11. The summed E-state index contributed by atoms with van der Waals surface area (Å²) in [6.07, 6.45) is 2.55. The van der Waals surface area contributed by atoms with Crippen LogP contribution in [0.5, 0.6) is 5.75 Å². The minimum atomic E-state index is -3.91. The van der Waals surface area contributed by atoms with Gasteiger partial charge in [-0.25, -0.2) is 12.4 Å². The smallest absolute Gasteiger partial charge is 0.268 e. The normalized spacial score (nSPS) is 11.5. The Morgan fingerprint density at radius 1 is 0.968 bits per heavy atom. The number of hydrogen-bond acceptors (Lipinski definition) is 4. The Morgan fingerprint density at radius 2 is 1.74 bits per heavy atom. The molecule has 0 aliphatic carbocycles. The van der Waals surface area contributed by atoms with Gasteiger partial charge in [-0.2, -0.15) is 0 Å². The van der Waals surface area contributed by atoms with Gasteiger partial charge in [-0.3, -0.25) is 4.79 Å². The zero-order valence-corrected chi connectivity index (χ0v) is 18.2. The predicted molar refractivity (Wildman–Crippen MR) is 122 cm³/mol. The lowest BCUT2D eigenvalue weighted by molar-refractivity contribution is 0.112. The number of benzene rings is 3. The zero-order valence-electron chi connectivity index (χ0n) is 17.4. The molecule has 31 heavy (non-hydrogen) atoms. The lowest BCUT2D eigenvalue weighted by Gasteiger charge is -2.14. The van der Waals surface area contributed by atoms with E-state index in [1.165, 1.54) is 3.97 Å². The van der Waals surface area contributed by atoms with E-state index >= 15 is 0 Å². The molecule has 0 saturated carbocycles. The molecular formula is C25H23NO4S. The molecule has 1 heterocycles. The SMILES string of the molecule is CCCc1ccc(C=O)c(-c2cc3cc(OC)ccc3n2S(=O)(=O)c2ccccc2)c1. The number of aryl methyl sites for hydroxylation is 1. The number of hydrogen-bond donors (Lipinski definition) is 0. The highest BCUT2D eigenvalue weighted by Gasteiger charge is 2.25. The van der Waals surface area contributed by atoms with E-state index in [9.17, 15) is 13.2 Å². The van der Waals surface area contributed by atoms with Crippen molar-refractivity contribution in [2.75, 3.05) is 7.11 Å². The number of rotatable bonds is 7. The lowest BCUT2D eigenvalue weighted by atomic mass is 10.00. The van der Waals surface area contributed by atoms with E-state index in [0.29, 0.717) is 33.5 Å². The number of aldehydes is 1. The molecule has 4 aromatic rings. The summed E-state index contributed by atoms with van der Waals surface area (Å²) in [6.45, 7) is 2.08. The molecule has 3 aromatic carbocycles. The first-order valence-electron chi connectivity index (χ1n) is 10.1. The molecule has 0 spiro atoms. The Kier molecular flexibility index (Phi) is 5.65. The molecule has 0 amide bonds. The number of carbonyl (C=O) groups is 1. The van der Waals surface area contributed by atoms with E-state index in [4.69, 9.17) is 4.74 Å². The molecule has 158 valence electrons. The third-order valence-corrected chi connectivity index (χ3v) is 7.05. The molecule has 0 bridgehead atoms. The van der Waals surface area contributed by atoms with Crippen LogP contribution in [-0.2, 0) is 16.4 Å². The molecule has 5 nitrogen and oxygen atoms in total. The molecule has 0 aliphatic heterocycles. The van der Waals surface area contributed by atoms with Crippen LogP contribution in [0.3, 0.4) is 0 Å². The summed E-state index contributed by atoms with van der Waals surface area (Å²) in [4.78, 5) is 12.0. The molecule has 0 saturated heterocycles. The lowest BCUT2D eigenvalue weighted by Crippen LogP contribution is -2.14. The molecule has 4 rings (SSSR count). The van der Waals surface area contributed by atoms with E-state index in [1.807, 2.05) is 12.1 Å². The quantitative estimate of drug-likeness (QED) is 0.370. The van der Waals surface area contributed by atoms with Crippen molar-refractivity contribution in [3.8, 4) is 17.0 Å². The average Bonchev–Trinajstić information content (AvgIpc) is 3.19. The summed E-state index contributed by atoms with van der Waals surface area (Å²) in [6, 6.07) is 21.0.